The zero-order valence-corrected chi connectivity index (χ0v) is 9.58. The molecule has 0 aliphatic heterocycles. The molecule has 0 fully saturated rings. The van der Waals surface area contributed by atoms with Crippen LogP contribution in [-0.2, 0) is 16.0 Å². The molecule has 0 saturated heterocycles. The van der Waals surface area contributed by atoms with E-state index in [0.29, 0.717) is 18.6 Å². The molecule has 0 heterocycles. The molecule has 1 radical (unpaired) electrons. The van der Waals surface area contributed by atoms with Gasteiger partial charge >= 0.3 is 5.97 Å². The molecule has 0 unspecified atom stereocenters. The average Bonchev–Trinajstić information content (AvgIpc) is 2.29. The number of carbonyl (C=O) groups is 1. The van der Waals surface area contributed by atoms with Crippen LogP contribution in [0.1, 0.15) is 12.5 Å². The molecular weight excluding hydrogens is 204 g/mol. The number of hydrogen-bond donors (Lipinski definition) is 0. The number of hydrogen-bond acceptors (Lipinski definition) is 3. The molecule has 0 bridgehead atoms. The topological polar surface area (TPSA) is 35.5 Å². The first kappa shape index (κ1) is 12.3. The molecule has 1 aromatic carbocycles. The summed E-state index contributed by atoms with van der Waals surface area (Å²) in [4.78, 5) is 11.1. The van der Waals surface area contributed by atoms with Gasteiger partial charge in [0.25, 0.3) is 0 Å². The van der Waals surface area contributed by atoms with Crippen molar-refractivity contribution >= 4 is 5.97 Å². The summed E-state index contributed by atoms with van der Waals surface area (Å²) in [5.74, 6) is 0.419. The third-order valence-electron chi connectivity index (χ3n) is 2.02. The fraction of sp³-hybridized carbons (Fsp3) is 0.308. The molecule has 0 spiro atoms. The van der Waals surface area contributed by atoms with Crippen LogP contribution in [0.3, 0.4) is 0 Å². The predicted molar refractivity (Wildman–Crippen MR) is 61.3 cm³/mol. The van der Waals surface area contributed by atoms with Crippen molar-refractivity contribution in [2.45, 2.75) is 13.3 Å². The smallest absolute Gasteiger partial charge is 0.333 e. The lowest BCUT2D eigenvalue weighted by atomic mass is 10.1. The first-order valence-electron chi connectivity index (χ1n) is 5.00. The van der Waals surface area contributed by atoms with Crippen molar-refractivity contribution in [2.75, 3.05) is 13.7 Å². The van der Waals surface area contributed by atoms with E-state index in [1.807, 2.05) is 12.1 Å². The molecule has 1 rings (SSSR count). The zero-order valence-electron chi connectivity index (χ0n) is 9.58. The minimum atomic E-state index is -0.358. The summed E-state index contributed by atoms with van der Waals surface area (Å²) in [5.41, 5.74) is 1.36. The summed E-state index contributed by atoms with van der Waals surface area (Å²) in [7, 11) is 1.61. The minimum absolute atomic E-state index is 0.329. The molecule has 0 saturated carbocycles. The lowest BCUT2D eigenvalue weighted by molar-refractivity contribution is -0.138. The van der Waals surface area contributed by atoms with Crippen molar-refractivity contribution in [3.05, 3.63) is 42.0 Å². The van der Waals surface area contributed by atoms with Crippen LogP contribution in [0.2, 0.25) is 0 Å². The Bertz CT molecular complexity index is 383. The van der Waals surface area contributed by atoms with Crippen molar-refractivity contribution < 1.29 is 14.3 Å². The molecule has 0 aromatic heterocycles. The van der Waals surface area contributed by atoms with E-state index < -0.39 is 0 Å². The Kier molecular flexibility index (Phi) is 4.58. The average molecular weight is 219 g/mol. The van der Waals surface area contributed by atoms with Crippen LogP contribution in [0.25, 0.3) is 0 Å². The molecule has 3 nitrogen and oxygen atoms in total. The van der Waals surface area contributed by atoms with E-state index in [2.05, 4.69) is 12.6 Å². The fourth-order valence-corrected chi connectivity index (χ4v) is 1.14. The lowest BCUT2D eigenvalue weighted by Crippen LogP contribution is -2.08. The van der Waals surface area contributed by atoms with Crippen LogP contribution in [0.4, 0.5) is 0 Å². The van der Waals surface area contributed by atoms with Gasteiger partial charge in [0.2, 0.25) is 0 Å². The van der Waals surface area contributed by atoms with E-state index in [1.165, 1.54) is 0 Å². The van der Waals surface area contributed by atoms with E-state index in [4.69, 9.17) is 9.47 Å². The molecular formula is C13H15O3. The second-order valence-corrected chi connectivity index (χ2v) is 3.42. The van der Waals surface area contributed by atoms with Crippen molar-refractivity contribution in [3.63, 3.8) is 0 Å². The second-order valence-electron chi connectivity index (χ2n) is 3.42. The van der Waals surface area contributed by atoms with Crippen LogP contribution in [0.15, 0.2) is 30.4 Å². The Morgan fingerprint density at radius 2 is 2.31 bits per heavy atom. The van der Waals surface area contributed by atoms with Gasteiger partial charge in [-0.05, 0) is 30.7 Å². The highest BCUT2D eigenvalue weighted by Crippen LogP contribution is 2.12. The molecule has 0 N–H and O–H groups in total. The van der Waals surface area contributed by atoms with Crippen LogP contribution >= 0.6 is 0 Å². The maximum Gasteiger partial charge on any atom is 0.333 e. The number of rotatable bonds is 5. The third kappa shape index (κ3) is 3.77. The molecule has 3 heteroatoms. The van der Waals surface area contributed by atoms with Gasteiger partial charge in [-0.3, -0.25) is 0 Å². The Morgan fingerprint density at radius 1 is 1.56 bits per heavy atom. The first-order valence-corrected chi connectivity index (χ1v) is 5.00. The number of carbonyl (C=O) groups excluding carboxylic acids is 1. The van der Waals surface area contributed by atoms with Crippen molar-refractivity contribution in [1.82, 2.24) is 0 Å². The molecule has 0 amide bonds. The maximum atomic E-state index is 11.1. The monoisotopic (exact) mass is 219 g/mol. The van der Waals surface area contributed by atoms with Crippen LogP contribution in [0.5, 0.6) is 5.75 Å². The van der Waals surface area contributed by atoms with Crippen molar-refractivity contribution in [1.29, 1.82) is 0 Å². The number of methoxy groups -OCH3 is 1. The van der Waals surface area contributed by atoms with E-state index in [-0.39, 0.29) is 5.97 Å². The Morgan fingerprint density at radius 3 is 2.94 bits per heavy atom. The molecule has 85 valence electrons. The van der Waals surface area contributed by atoms with Crippen LogP contribution < -0.4 is 4.74 Å². The number of benzene rings is 1. The first-order chi connectivity index (χ1) is 7.63. The molecule has 1 aromatic rings. The number of ether oxygens (including phenoxy) is 2. The summed E-state index contributed by atoms with van der Waals surface area (Å²) < 4.78 is 10.1. The summed E-state index contributed by atoms with van der Waals surface area (Å²) in [5, 5.41) is 0. The standard InChI is InChI=1S/C13H15O3/c1-10(2)13(14)16-8-7-11-5-4-6-12(9-11)15-3/h4,6,9H,1,7-8H2,2-3H3. The highest BCUT2D eigenvalue weighted by molar-refractivity contribution is 5.86. The van der Waals surface area contributed by atoms with Crippen molar-refractivity contribution in [2.24, 2.45) is 0 Å². The largest absolute Gasteiger partial charge is 0.497 e. The van der Waals surface area contributed by atoms with Gasteiger partial charge in [-0.15, -0.1) is 0 Å². The Balaban J connectivity index is 2.42. The summed E-state index contributed by atoms with van der Waals surface area (Å²) in [6.07, 6.45) is 0.621. The van der Waals surface area contributed by atoms with Crippen LogP contribution in [0, 0.1) is 6.07 Å². The van der Waals surface area contributed by atoms with Gasteiger partial charge in [-0.1, -0.05) is 12.6 Å². The Hall–Kier alpha value is -1.77. The summed E-state index contributed by atoms with van der Waals surface area (Å²) in [6.45, 7) is 5.46. The third-order valence-corrected chi connectivity index (χ3v) is 2.02. The van der Waals surface area contributed by atoms with Gasteiger partial charge in [0.15, 0.2) is 0 Å². The lowest BCUT2D eigenvalue weighted by Gasteiger charge is -2.05. The molecule has 0 aliphatic carbocycles. The van der Waals surface area contributed by atoms with Crippen molar-refractivity contribution in [3.8, 4) is 5.75 Å². The fourth-order valence-electron chi connectivity index (χ4n) is 1.14. The zero-order chi connectivity index (χ0) is 12.0. The Labute approximate surface area is 95.7 Å². The summed E-state index contributed by atoms with van der Waals surface area (Å²) in [6, 6.07) is 8.53. The predicted octanol–water partition coefficient (Wildman–Crippen LogP) is 2.16. The van der Waals surface area contributed by atoms with E-state index >= 15 is 0 Å². The highest BCUT2D eigenvalue weighted by atomic mass is 16.5. The minimum Gasteiger partial charge on any atom is -0.497 e. The number of esters is 1. The normalized spacial score (nSPS) is 9.62. The SMILES string of the molecule is C=C(C)C(=O)OCCc1[c]ccc(OC)c1. The van der Waals surface area contributed by atoms with Gasteiger partial charge in [0, 0.05) is 12.0 Å². The van der Waals surface area contributed by atoms with E-state index in [9.17, 15) is 4.79 Å². The highest BCUT2D eigenvalue weighted by Gasteiger charge is 2.03. The quantitative estimate of drug-likeness (QED) is 0.562. The second kappa shape index (κ2) is 5.95. The molecule has 0 aliphatic rings. The van der Waals surface area contributed by atoms with Crippen LogP contribution in [-0.4, -0.2) is 19.7 Å². The van der Waals surface area contributed by atoms with Gasteiger partial charge in [-0.25, -0.2) is 4.79 Å². The maximum absolute atomic E-state index is 11.1. The van der Waals surface area contributed by atoms with Gasteiger partial charge in [-0.2, -0.15) is 0 Å². The summed E-state index contributed by atoms with van der Waals surface area (Å²) >= 11 is 0. The molecule has 16 heavy (non-hydrogen) atoms. The van der Waals surface area contributed by atoms with E-state index in [0.717, 1.165) is 11.3 Å². The van der Waals surface area contributed by atoms with Gasteiger partial charge in [0.05, 0.1) is 13.7 Å². The molecule has 0 atom stereocenters. The van der Waals surface area contributed by atoms with E-state index in [1.54, 1.807) is 20.1 Å². The van der Waals surface area contributed by atoms with Gasteiger partial charge in [0.1, 0.15) is 5.75 Å². The van der Waals surface area contributed by atoms with Gasteiger partial charge < -0.3 is 9.47 Å².